The van der Waals surface area contributed by atoms with Crippen LogP contribution in [0.3, 0.4) is 0 Å². The molecule has 1 fully saturated rings. The van der Waals surface area contributed by atoms with Crippen molar-refractivity contribution in [3.05, 3.63) is 35.9 Å². The minimum Gasteiger partial charge on any atom is -0.395 e. The third kappa shape index (κ3) is 3.33. The van der Waals surface area contributed by atoms with Gasteiger partial charge in [0, 0.05) is 19.0 Å². The van der Waals surface area contributed by atoms with Crippen molar-refractivity contribution in [3.63, 3.8) is 0 Å². The van der Waals surface area contributed by atoms with Crippen LogP contribution in [-0.2, 0) is 4.79 Å². The van der Waals surface area contributed by atoms with E-state index in [1.165, 1.54) is 5.56 Å². The molecule has 0 aliphatic carbocycles. The summed E-state index contributed by atoms with van der Waals surface area (Å²) in [5.41, 5.74) is 1.27. The summed E-state index contributed by atoms with van der Waals surface area (Å²) in [4.78, 5) is 14.1. The fraction of sp³-hybridized carbons (Fsp3) is 0.533. The van der Waals surface area contributed by atoms with Gasteiger partial charge in [0.15, 0.2) is 0 Å². The summed E-state index contributed by atoms with van der Waals surface area (Å²) in [6.07, 6.45) is 1.83. The van der Waals surface area contributed by atoms with Crippen LogP contribution < -0.4 is 5.32 Å². The SMILES string of the molecule is CNC1CCC(c2ccccc2)CN(CCO)C1=O. The zero-order valence-electron chi connectivity index (χ0n) is 11.4. The van der Waals surface area contributed by atoms with Gasteiger partial charge in [0.2, 0.25) is 5.91 Å². The Balaban J connectivity index is 2.17. The van der Waals surface area contributed by atoms with Gasteiger partial charge in [-0.15, -0.1) is 0 Å². The molecule has 0 aromatic heterocycles. The maximum absolute atomic E-state index is 12.3. The molecule has 0 saturated carbocycles. The Labute approximate surface area is 114 Å². The van der Waals surface area contributed by atoms with Gasteiger partial charge in [-0.25, -0.2) is 0 Å². The minimum atomic E-state index is -0.125. The molecule has 1 aliphatic heterocycles. The smallest absolute Gasteiger partial charge is 0.239 e. The number of benzene rings is 1. The molecule has 2 N–H and O–H groups in total. The maximum atomic E-state index is 12.3. The Hall–Kier alpha value is -1.39. The molecule has 1 saturated heterocycles. The van der Waals surface area contributed by atoms with E-state index in [2.05, 4.69) is 17.4 Å². The summed E-state index contributed by atoms with van der Waals surface area (Å²) in [5.74, 6) is 0.463. The molecule has 0 bridgehead atoms. The normalized spacial score (nSPS) is 24.3. The van der Waals surface area contributed by atoms with Crippen LogP contribution in [0.15, 0.2) is 30.3 Å². The van der Waals surface area contributed by atoms with Gasteiger partial charge < -0.3 is 15.3 Å². The lowest BCUT2D eigenvalue weighted by molar-refractivity contribution is -0.133. The van der Waals surface area contributed by atoms with E-state index in [0.717, 1.165) is 12.8 Å². The molecule has 2 rings (SSSR count). The third-order valence-electron chi connectivity index (χ3n) is 3.84. The van der Waals surface area contributed by atoms with Crippen LogP contribution in [0.1, 0.15) is 24.3 Å². The maximum Gasteiger partial charge on any atom is 0.239 e. The average Bonchev–Trinajstić information content (AvgIpc) is 2.60. The van der Waals surface area contributed by atoms with E-state index in [4.69, 9.17) is 5.11 Å². The number of nitrogens with one attached hydrogen (secondary N) is 1. The fourth-order valence-electron chi connectivity index (χ4n) is 2.75. The van der Waals surface area contributed by atoms with Crippen molar-refractivity contribution in [1.82, 2.24) is 10.2 Å². The lowest BCUT2D eigenvalue weighted by Crippen LogP contribution is -2.45. The van der Waals surface area contributed by atoms with Crippen LogP contribution in [0.4, 0.5) is 0 Å². The summed E-state index contributed by atoms with van der Waals surface area (Å²) in [6.45, 7) is 1.13. The number of hydrogen-bond donors (Lipinski definition) is 2. The zero-order chi connectivity index (χ0) is 13.7. The summed E-state index contributed by atoms with van der Waals surface area (Å²) in [5, 5.41) is 12.2. The van der Waals surface area contributed by atoms with Crippen LogP contribution >= 0.6 is 0 Å². The number of β-amino-alcohol motifs (C(OH)–C–C–N with tert-alkyl or cyclic N) is 1. The van der Waals surface area contributed by atoms with Crippen LogP contribution in [-0.4, -0.2) is 48.7 Å². The molecular formula is C15H22N2O2. The van der Waals surface area contributed by atoms with Crippen molar-refractivity contribution < 1.29 is 9.90 Å². The number of carbonyl (C=O) groups excluding carboxylic acids is 1. The molecule has 1 heterocycles. The Morgan fingerprint density at radius 2 is 2.05 bits per heavy atom. The highest BCUT2D eigenvalue weighted by Crippen LogP contribution is 2.26. The van der Waals surface area contributed by atoms with Gasteiger partial charge >= 0.3 is 0 Å². The van der Waals surface area contributed by atoms with Crippen molar-refractivity contribution in [2.45, 2.75) is 24.8 Å². The van der Waals surface area contributed by atoms with Gasteiger partial charge in [-0.1, -0.05) is 30.3 Å². The van der Waals surface area contributed by atoms with Gasteiger partial charge in [-0.3, -0.25) is 4.79 Å². The average molecular weight is 262 g/mol. The summed E-state index contributed by atoms with van der Waals surface area (Å²) >= 11 is 0. The lowest BCUT2D eigenvalue weighted by Gasteiger charge is -2.25. The molecular weight excluding hydrogens is 240 g/mol. The second-order valence-corrected chi connectivity index (χ2v) is 5.03. The van der Waals surface area contributed by atoms with Gasteiger partial charge in [-0.2, -0.15) is 0 Å². The third-order valence-corrected chi connectivity index (χ3v) is 3.84. The molecule has 4 nitrogen and oxygen atoms in total. The number of amides is 1. The summed E-state index contributed by atoms with van der Waals surface area (Å²) in [7, 11) is 1.82. The second-order valence-electron chi connectivity index (χ2n) is 5.03. The second kappa shape index (κ2) is 6.68. The Morgan fingerprint density at radius 1 is 1.32 bits per heavy atom. The van der Waals surface area contributed by atoms with Crippen molar-refractivity contribution in [2.24, 2.45) is 0 Å². The molecule has 1 aromatic rings. The van der Waals surface area contributed by atoms with Gasteiger partial charge in [-0.05, 0) is 25.5 Å². The molecule has 0 spiro atoms. The first-order chi connectivity index (χ1) is 9.26. The van der Waals surface area contributed by atoms with Crippen LogP contribution in [0.2, 0.25) is 0 Å². The van der Waals surface area contributed by atoms with Crippen molar-refractivity contribution >= 4 is 5.91 Å². The van der Waals surface area contributed by atoms with Crippen molar-refractivity contribution in [3.8, 4) is 0 Å². The molecule has 4 heteroatoms. The Morgan fingerprint density at radius 3 is 2.68 bits per heavy atom. The number of hydrogen-bond acceptors (Lipinski definition) is 3. The minimum absolute atomic E-state index is 0.0175. The van der Waals surface area contributed by atoms with Crippen molar-refractivity contribution in [2.75, 3.05) is 26.7 Å². The Kier molecular flexibility index (Phi) is 4.93. The standard InChI is InChI=1S/C15H22N2O2/c1-16-14-8-7-13(12-5-3-2-4-6-12)11-17(9-10-18)15(14)19/h2-6,13-14,16,18H,7-11H2,1H3. The molecule has 19 heavy (non-hydrogen) atoms. The van der Waals surface area contributed by atoms with Crippen LogP contribution in [0.5, 0.6) is 0 Å². The molecule has 1 aliphatic rings. The number of nitrogens with zero attached hydrogens (tertiary/aromatic N) is 1. The quantitative estimate of drug-likeness (QED) is 0.850. The monoisotopic (exact) mass is 262 g/mol. The van der Waals surface area contributed by atoms with E-state index < -0.39 is 0 Å². The van der Waals surface area contributed by atoms with E-state index in [1.807, 2.05) is 25.2 Å². The number of aliphatic hydroxyl groups is 1. The first kappa shape index (κ1) is 14.0. The number of aliphatic hydroxyl groups excluding tert-OH is 1. The molecule has 1 aromatic carbocycles. The van der Waals surface area contributed by atoms with Gasteiger partial charge in [0.1, 0.15) is 0 Å². The predicted octanol–water partition coefficient (Wildman–Crippen LogP) is 0.973. The van der Waals surface area contributed by atoms with Gasteiger partial charge in [0.25, 0.3) is 0 Å². The molecule has 0 radical (unpaired) electrons. The highest BCUT2D eigenvalue weighted by molar-refractivity contribution is 5.82. The molecule has 104 valence electrons. The predicted molar refractivity (Wildman–Crippen MR) is 74.9 cm³/mol. The zero-order valence-corrected chi connectivity index (χ0v) is 11.4. The van der Waals surface area contributed by atoms with E-state index in [-0.39, 0.29) is 18.6 Å². The van der Waals surface area contributed by atoms with E-state index in [0.29, 0.717) is 19.0 Å². The number of likely N-dealkylation sites (N-methyl/N-ethyl adjacent to an activating group) is 1. The highest BCUT2D eigenvalue weighted by Gasteiger charge is 2.30. The molecule has 1 amide bonds. The van der Waals surface area contributed by atoms with Crippen LogP contribution in [0.25, 0.3) is 0 Å². The van der Waals surface area contributed by atoms with Gasteiger partial charge in [0.05, 0.1) is 12.6 Å². The van der Waals surface area contributed by atoms with Crippen LogP contribution in [0, 0.1) is 0 Å². The first-order valence-electron chi connectivity index (χ1n) is 6.88. The number of rotatable bonds is 4. The summed E-state index contributed by atoms with van der Waals surface area (Å²) < 4.78 is 0. The lowest BCUT2D eigenvalue weighted by atomic mass is 9.94. The molecule has 2 atom stereocenters. The van der Waals surface area contributed by atoms with E-state index >= 15 is 0 Å². The van der Waals surface area contributed by atoms with E-state index in [9.17, 15) is 4.79 Å². The number of carbonyl (C=O) groups is 1. The van der Waals surface area contributed by atoms with E-state index in [1.54, 1.807) is 4.90 Å². The summed E-state index contributed by atoms with van der Waals surface area (Å²) in [6, 6.07) is 10.2. The fourth-order valence-corrected chi connectivity index (χ4v) is 2.75. The highest BCUT2D eigenvalue weighted by atomic mass is 16.3. The Bertz CT molecular complexity index is 408. The largest absolute Gasteiger partial charge is 0.395 e. The molecule has 2 unspecified atom stereocenters. The first-order valence-corrected chi connectivity index (χ1v) is 6.88. The topological polar surface area (TPSA) is 52.6 Å². The van der Waals surface area contributed by atoms with Crippen molar-refractivity contribution in [1.29, 1.82) is 0 Å². The number of likely N-dealkylation sites (tertiary alicyclic amines) is 1.